The Balaban J connectivity index is 1.89. The molecule has 3 heterocycles. The summed E-state index contributed by atoms with van der Waals surface area (Å²) in [4.78, 5) is 23.5. The minimum Gasteiger partial charge on any atom is -0.360 e. The summed E-state index contributed by atoms with van der Waals surface area (Å²) < 4.78 is 27.6. The largest absolute Gasteiger partial charge is 0.360 e. The quantitative estimate of drug-likeness (QED) is 0.674. The lowest BCUT2D eigenvalue weighted by atomic mass is 10.1. The number of para-hydroxylation sites is 1. The lowest BCUT2D eigenvalue weighted by Gasteiger charge is -2.29. The van der Waals surface area contributed by atoms with Gasteiger partial charge in [0.05, 0.1) is 34.2 Å². The summed E-state index contributed by atoms with van der Waals surface area (Å²) in [5, 5.41) is 0.821. The van der Waals surface area contributed by atoms with Gasteiger partial charge >= 0.3 is 0 Å². The van der Waals surface area contributed by atoms with Gasteiger partial charge < -0.3 is 4.90 Å². The van der Waals surface area contributed by atoms with Crippen LogP contribution >= 0.6 is 11.6 Å². The Hall–Kier alpha value is -2.54. The SMILES string of the molecule is O=c1c2ccccc2nc(C2CCCN2c2ccncc2Cl)n1CC(F)F. The second-order valence-electron chi connectivity index (χ2n) is 6.47. The monoisotopic (exact) mass is 390 g/mol. The molecule has 1 aliphatic rings. The summed E-state index contributed by atoms with van der Waals surface area (Å²) in [7, 11) is 0. The van der Waals surface area contributed by atoms with Crippen molar-refractivity contribution in [1.82, 2.24) is 14.5 Å². The van der Waals surface area contributed by atoms with Crippen LogP contribution in [0.25, 0.3) is 10.9 Å². The van der Waals surface area contributed by atoms with Gasteiger partial charge in [-0.1, -0.05) is 23.7 Å². The van der Waals surface area contributed by atoms with Crippen LogP contribution in [0.1, 0.15) is 24.7 Å². The van der Waals surface area contributed by atoms with Crippen LogP contribution in [-0.2, 0) is 6.54 Å². The summed E-state index contributed by atoms with van der Waals surface area (Å²) in [6, 6.07) is 8.31. The highest BCUT2D eigenvalue weighted by molar-refractivity contribution is 6.33. The van der Waals surface area contributed by atoms with Gasteiger partial charge in [0, 0.05) is 18.9 Å². The average Bonchev–Trinajstić information content (AvgIpc) is 3.13. The van der Waals surface area contributed by atoms with Gasteiger partial charge in [-0.25, -0.2) is 13.8 Å². The number of rotatable bonds is 4. The molecule has 27 heavy (non-hydrogen) atoms. The Morgan fingerprint density at radius 2 is 2.07 bits per heavy atom. The molecule has 140 valence electrons. The van der Waals surface area contributed by atoms with Gasteiger partial charge in [0.1, 0.15) is 5.82 Å². The molecule has 1 aliphatic heterocycles. The summed E-state index contributed by atoms with van der Waals surface area (Å²) >= 11 is 6.29. The summed E-state index contributed by atoms with van der Waals surface area (Å²) in [6.07, 6.45) is 2.08. The maximum Gasteiger partial charge on any atom is 0.261 e. The number of halogens is 3. The summed E-state index contributed by atoms with van der Waals surface area (Å²) in [5.41, 5.74) is 0.833. The zero-order valence-electron chi connectivity index (χ0n) is 14.4. The molecule has 1 atom stereocenters. The number of anilines is 1. The number of fused-ring (bicyclic) bond motifs is 1. The first-order valence-corrected chi connectivity index (χ1v) is 9.08. The van der Waals surface area contributed by atoms with Gasteiger partial charge in [0.15, 0.2) is 0 Å². The Morgan fingerprint density at radius 1 is 1.26 bits per heavy atom. The topological polar surface area (TPSA) is 51.0 Å². The molecule has 1 saturated heterocycles. The minimum atomic E-state index is -2.65. The standard InChI is InChI=1S/C19H17ClF2N4O/c20-13-10-23-8-7-15(13)25-9-3-6-16(25)18-24-14-5-2-1-4-12(14)19(27)26(18)11-17(21)22/h1-2,4-5,7-8,10,16-17H,3,6,9,11H2. The van der Waals surface area contributed by atoms with Crippen LogP contribution < -0.4 is 10.5 Å². The number of benzene rings is 1. The molecule has 0 radical (unpaired) electrons. The molecule has 0 aliphatic carbocycles. The highest BCUT2D eigenvalue weighted by atomic mass is 35.5. The van der Waals surface area contributed by atoms with Crippen molar-refractivity contribution < 1.29 is 8.78 Å². The van der Waals surface area contributed by atoms with Crippen LogP contribution in [0.2, 0.25) is 5.02 Å². The van der Waals surface area contributed by atoms with E-state index in [0.717, 1.165) is 16.7 Å². The number of hydrogen-bond acceptors (Lipinski definition) is 4. The summed E-state index contributed by atoms with van der Waals surface area (Å²) in [6.45, 7) is 0.0200. The molecule has 1 unspecified atom stereocenters. The van der Waals surface area contributed by atoms with E-state index in [1.807, 2.05) is 4.90 Å². The number of nitrogens with zero attached hydrogens (tertiary/aromatic N) is 4. The van der Waals surface area contributed by atoms with E-state index in [1.165, 1.54) is 0 Å². The normalized spacial score (nSPS) is 17.2. The van der Waals surface area contributed by atoms with E-state index < -0.39 is 18.5 Å². The van der Waals surface area contributed by atoms with Crippen LogP contribution in [0.4, 0.5) is 14.5 Å². The Labute approximate surface area is 159 Å². The predicted octanol–water partition coefficient (Wildman–Crippen LogP) is 4.05. The molecule has 4 rings (SSSR count). The first kappa shape index (κ1) is 17.9. The lowest BCUT2D eigenvalue weighted by molar-refractivity contribution is 0.123. The van der Waals surface area contributed by atoms with Crippen LogP contribution in [0.5, 0.6) is 0 Å². The zero-order chi connectivity index (χ0) is 19.0. The first-order chi connectivity index (χ1) is 13.1. The fraction of sp³-hybridized carbons (Fsp3) is 0.316. The van der Waals surface area contributed by atoms with E-state index in [2.05, 4.69) is 9.97 Å². The smallest absolute Gasteiger partial charge is 0.261 e. The third-order valence-corrected chi connectivity index (χ3v) is 5.11. The number of aromatic nitrogens is 3. The van der Waals surface area contributed by atoms with Crippen molar-refractivity contribution in [3.8, 4) is 0 Å². The van der Waals surface area contributed by atoms with E-state index >= 15 is 0 Å². The van der Waals surface area contributed by atoms with E-state index in [4.69, 9.17) is 11.6 Å². The first-order valence-electron chi connectivity index (χ1n) is 8.70. The van der Waals surface area contributed by atoms with Gasteiger partial charge in [0.25, 0.3) is 12.0 Å². The Bertz CT molecular complexity index is 1040. The van der Waals surface area contributed by atoms with Crippen molar-refractivity contribution in [1.29, 1.82) is 0 Å². The summed E-state index contributed by atoms with van der Waals surface area (Å²) in [5.74, 6) is 0.351. The molecule has 3 aromatic rings. The number of pyridine rings is 1. The van der Waals surface area contributed by atoms with Crippen LogP contribution in [0, 0.1) is 0 Å². The number of hydrogen-bond donors (Lipinski definition) is 0. The molecule has 0 saturated carbocycles. The van der Waals surface area contributed by atoms with E-state index in [1.54, 1.807) is 42.7 Å². The molecule has 5 nitrogen and oxygen atoms in total. The maximum atomic E-state index is 13.2. The molecule has 0 bridgehead atoms. The molecular weight excluding hydrogens is 374 g/mol. The third-order valence-electron chi connectivity index (χ3n) is 4.82. The molecule has 1 fully saturated rings. The minimum absolute atomic E-state index is 0.305. The third kappa shape index (κ3) is 3.27. The van der Waals surface area contributed by atoms with Crippen molar-refractivity contribution in [3.05, 3.63) is 63.9 Å². The maximum absolute atomic E-state index is 13.2. The second kappa shape index (κ2) is 7.23. The molecule has 0 N–H and O–H groups in total. The van der Waals surface area contributed by atoms with E-state index in [0.29, 0.717) is 34.7 Å². The van der Waals surface area contributed by atoms with Gasteiger partial charge in [0.2, 0.25) is 0 Å². The van der Waals surface area contributed by atoms with Crippen LogP contribution in [-0.4, -0.2) is 27.5 Å². The van der Waals surface area contributed by atoms with Crippen molar-refractivity contribution in [2.75, 3.05) is 11.4 Å². The molecule has 2 aromatic heterocycles. The van der Waals surface area contributed by atoms with Crippen molar-refractivity contribution in [3.63, 3.8) is 0 Å². The fourth-order valence-electron chi connectivity index (χ4n) is 3.68. The van der Waals surface area contributed by atoms with Crippen molar-refractivity contribution in [2.45, 2.75) is 31.9 Å². The Morgan fingerprint density at radius 3 is 2.85 bits per heavy atom. The van der Waals surface area contributed by atoms with Gasteiger partial charge in [-0.2, -0.15) is 0 Å². The van der Waals surface area contributed by atoms with Gasteiger partial charge in [-0.15, -0.1) is 0 Å². The van der Waals surface area contributed by atoms with Crippen LogP contribution in [0.3, 0.4) is 0 Å². The van der Waals surface area contributed by atoms with Gasteiger partial charge in [-0.05, 0) is 31.0 Å². The molecular formula is C19H17ClF2N4O. The fourth-order valence-corrected chi connectivity index (χ4v) is 3.91. The van der Waals surface area contributed by atoms with E-state index in [-0.39, 0.29) is 6.04 Å². The number of alkyl halides is 2. The van der Waals surface area contributed by atoms with Crippen molar-refractivity contribution >= 4 is 28.2 Å². The average molecular weight is 391 g/mol. The Kier molecular flexibility index (Phi) is 4.78. The predicted molar refractivity (Wildman–Crippen MR) is 101 cm³/mol. The zero-order valence-corrected chi connectivity index (χ0v) is 15.1. The molecule has 0 spiro atoms. The molecule has 0 amide bonds. The second-order valence-corrected chi connectivity index (χ2v) is 6.88. The lowest BCUT2D eigenvalue weighted by Crippen LogP contribution is -2.33. The van der Waals surface area contributed by atoms with Gasteiger partial charge in [-0.3, -0.25) is 14.3 Å². The highest BCUT2D eigenvalue weighted by Gasteiger charge is 2.32. The van der Waals surface area contributed by atoms with E-state index in [9.17, 15) is 13.6 Å². The molecule has 8 heteroatoms. The van der Waals surface area contributed by atoms with Crippen LogP contribution in [0.15, 0.2) is 47.5 Å². The highest BCUT2D eigenvalue weighted by Crippen LogP contribution is 2.38. The van der Waals surface area contributed by atoms with Crippen molar-refractivity contribution in [2.24, 2.45) is 0 Å². The molecule has 1 aromatic carbocycles.